The van der Waals surface area contributed by atoms with Crippen molar-refractivity contribution < 1.29 is 9.90 Å². The molecular weight excluding hydrogens is 180 g/mol. The van der Waals surface area contributed by atoms with E-state index in [1.165, 1.54) is 12.8 Å². The van der Waals surface area contributed by atoms with Crippen molar-refractivity contribution in [3.05, 3.63) is 0 Å². The first-order valence-electron chi connectivity index (χ1n) is 5.37. The van der Waals surface area contributed by atoms with E-state index in [9.17, 15) is 4.79 Å². The zero-order valence-electron chi connectivity index (χ0n) is 8.35. The van der Waals surface area contributed by atoms with Crippen molar-refractivity contribution in [2.75, 3.05) is 19.6 Å². The van der Waals surface area contributed by atoms with Gasteiger partial charge in [-0.3, -0.25) is 4.79 Å². The maximum atomic E-state index is 10.9. The lowest BCUT2D eigenvalue weighted by molar-refractivity contribution is -0.144. The average Bonchev–Trinajstić information content (AvgIpc) is 2.92. The van der Waals surface area contributed by atoms with Crippen molar-refractivity contribution >= 4 is 5.97 Å². The van der Waals surface area contributed by atoms with Crippen molar-refractivity contribution in [3.63, 3.8) is 0 Å². The molecule has 1 aliphatic carbocycles. The van der Waals surface area contributed by atoms with Crippen molar-refractivity contribution in [1.82, 2.24) is 4.90 Å². The van der Waals surface area contributed by atoms with E-state index in [2.05, 4.69) is 4.90 Å². The second-order valence-corrected chi connectivity index (χ2v) is 4.60. The van der Waals surface area contributed by atoms with E-state index in [0.717, 1.165) is 25.4 Å². The summed E-state index contributed by atoms with van der Waals surface area (Å²) in [6.45, 7) is 2.70. The summed E-state index contributed by atoms with van der Waals surface area (Å²) in [4.78, 5) is 13.2. The molecule has 0 aromatic carbocycles. The lowest BCUT2D eigenvalue weighted by Crippen LogP contribution is -2.50. The number of likely N-dealkylation sites (tertiary alicyclic amines) is 1. The predicted octanol–water partition coefficient (Wildman–Crippen LogP) is 0.130. The van der Waals surface area contributed by atoms with Gasteiger partial charge in [0.1, 0.15) is 0 Å². The largest absolute Gasteiger partial charge is 0.481 e. The standard InChI is InChI=1S/C10H18N2O2/c11-9-3-4-12(5-7-1-2-7)6-8(9)10(13)14/h7-9H,1-6,11H2,(H,13,14)/t8-,9-/m0/s1. The fraction of sp³-hybridized carbons (Fsp3) is 0.900. The third-order valence-corrected chi connectivity index (χ3v) is 3.28. The summed E-state index contributed by atoms with van der Waals surface area (Å²) < 4.78 is 0. The molecular formula is C10H18N2O2. The normalized spacial score (nSPS) is 34.4. The van der Waals surface area contributed by atoms with Crippen LogP contribution in [0.5, 0.6) is 0 Å². The number of rotatable bonds is 3. The molecule has 2 aliphatic rings. The lowest BCUT2D eigenvalue weighted by atomic mass is 9.93. The van der Waals surface area contributed by atoms with E-state index in [1.54, 1.807) is 0 Å². The van der Waals surface area contributed by atoms with Gasteiger partial charge in [-0.15, -0.1) is 0 Å². The topological polar surface area (TPSA) is 66.6 Å². The molecule has 1 aliphatic heterocycles. The number of nitrogens with zero attached hydrogens (tertiary/aromatic N) is 1. The minimum atomic E-state index is -0.738. The third-order valence-electron chi connectivity index (χ3n) is 3.28. The van der Waals surface area contributed by atoms with E-state index in [1.807, 2.05) is 0 Å². The highest BCUT2D eigenvalue weighted by atomic mass is 16.4. The number of piperidine rings is 1. The minimum absolute atomic E-state index is 0.150. The molecule has 2 fully saturated rings. The molecule has 1 saturated heterocycles. The zero-order chi connectivity index (χ0) is 10.1. The Bertz CT molecular complexity index is 228. The number of nitrogens with two attached hydrogens (primary N) is 1. The van der Waals surface area contributed by atoms with Gasteiger partial charge in [-0.2, -0.15) is 0 Å². The highest BCUT2D eigenvalue weighted by Crippen LogP contribution is 2.31. The summed E-state index contributed by atoms with van der Waals surface area (Å²) in [6, 6.07) is -0.150. The molecule has 2 rings (SSSR count). The van der Waals surface area contributed by atoms with Gasteiger partial charge in [-0.1, -0.05) is 0 Å². The van der Waals surface area contributed by atoms with Crippen LogP contribution in [0.3, 0.4) is 0 Å². The first-order valence-corrected chi connectivity index (χ1v) is 5.37. The van der Waals surface area contributed by atoms with Gasteiger partial charge in [-0.05, 0) is 31.7 Å². The molecule has 1 heterocycles. The molecule has 0 unspecified atom stereocenters. The third kappa shape index (κ3) is 2.25. The van der Waals surface area contributed by atoms with Crippen LogP contribution in [-0.4, -0.2) is 41.7 Å². The Hall–Kier alpha value is -0.610. The van der Waals surface area contributed by atoms with E-state index < -0.39 is 5.97 Å². The Morgan fingerprint density at radius 2 is 2.14 bits per heavy atom. The van der Waals surface area contributed by atoms with Gasteiger partial charge < -0.3 is 15.7 Å². The van der Waals surface area contributed by atoms with Gasteiger partial charge in [0.2, 0.25) is 0 Å². The van der Waals surface area contributed by atoms with Crippen molar-refractivity contribution in [1.29, 1.82) is 0 Å². The molecule has 14 heavy (non-hydrogen) atoms. The molecule has 0 amide bonds. The summed E-state index contributed by atoms with van der Waals surface area (Å²) >= 11 is 0. The van der Waals surface area contributed by atoms with Crippen LogP contribution in [0.2, 0.25) is 0 Å². The van der Waals surface area contributed by atoms with Gasteiger partial charge in [-0.25, -0.2) is 0 Å². The van der Waals surface area contributed by atoms with Gasteiger partial charge >= 0.3 is 5.97 Å². The highest BCUT2D eigenvalue weighted by molar-refractivity contribution is 5.71. The lowest BCUT2D eigenvalue weighted by Gasteiger charge is -2.34. The summed E-state index contributed by atoms with van der Waals surface area (Å²) in [6.07, 6.45) is 3.46. The van der Waals surface area contributed by atoms with E-state index in [4.69, 9.17) is 10.8 Å². The molecule has 0 aromatic rings. The van der Waals surface area contributed by atoms with Crippen molar-refractivity contribution in [3.8, 4) is 0 Å². The van der Waals surface area contributed by atoms with E-state index in [0.29, 0.717) is 6.54 Å². The fourth-order valence-electron chi connectivity index (χ4n) is 2.13. The second-order valence-electron chi connectivity index (χ2n) is 4.60. The number of carboxylic acids is 1. The molecule has 0 bridgehead atoms. The summed E-state index contributed by atoms with van der Waals surface area (Å²) in [5.74, 6) is -0.265. The molecule has 0 aromatic heterocycles. The number of hydrogen-bond acceptors (Lipinski definition) is 3. The van der Waals surface area contributed by atoms with Crippen LogP contribution >= 0.6 is 0 Å². The maximum Gasteiger partial charge on any atom is 0.309 e. The summed E-state index contributed by atoms with van der Waals surface area (Å²) in [7, 11) is 0. The molecule has 3 N–H and O–H groups in total. The molecule has 4 heteroatoms. The summed E-state index contributed by atoms with van der Waals surface area (Å²) in [5, 5.41) is 8.97. The molecule has 0 spiro atoms. The van der Waals surface area contributed by atoms with Gasteiger partial charge in [0.25, 0.3) is 0 Å². The van der Waals surface area contributed by atoms with E-state index >= 15 is 0 Å². The van der Waals surface area contributed by atoms with Crippen LogP contribution in [-0.2, 0) is 4.79 Å². The van der Waals surface area contributed by atoms with Gasteiger partial charge in [0.15, 0.2) is 0 Å². The number of carbonyl (C=O) groups is 1. The van der Waals surface area contributed by atoms with Gasteiger partial charge in [0, 0.05) is 19.1 Å². The zero-order valence-corrected chi connectivity index (χ0v) is 8.35. The quantitative estimate of drug-likeness (QED) is 0.676. The molecule has 80 valence electrons. The Labute approximate surface area is 84.1 Å². The van der Waals surface area contributed by atoms with Crippen molar-refractivity contribution in [2.45, 2.75) is 25.3 Å². The smallest absolute Gasteiger partial charge is 0.309 e. The maximum absolute atomic E-state index is 10.9. The van der Waals surface area contributed by atoms with Gasteiger partial charge in [0.05, 0.1) is 5.92 Å². The molecule has 4 nitrogen and oxygen atoms in total. The van der Waals surface area contributed by atoms with Crippen LogP contribution < -0.4 is 5.73 Å². The van der Waals surface area contributed by atoms with Crippen LogP contribution in [0.25, 0.3) is 0 Å². The summed E-state index contributed by atoms with van der Waals surface area (Å²) in [5.41, 5.74) is 5.78. The monoisotopic (exact) mass is 198 g/mol. The fourth-order valence-corrected chi connectivity index (χ4v) is 2.13. The first kappa shape index (κ1) is 9.93. The number of hydrogen-bond donors (Lipinski definition) is 2. The Kier molecular flexibility index (Phi) is 2.74. The average molecular weight is 198 g/mol. The Balaban J connectivity index is 1.86. The SMILES string of the molecule is N[C@H]1CCN(CC2CC2)C[C@@H]1C(=O)O. The van der Waals surface area contributed by atoms with Crippen LogP contribution in [0.15, 0.2) is 0 Å². The Morgan fingerprint density at radius 3 is 2.71 bits per heavy atom. The number of aliphatic carboxylic acids is 1. The van der Waals surface area contributed by atoms with E-state index in [-0.39, 0.29) is 12.0 Å². The molecule has 0 radical (unpaired) electrons. The van der Waals surface area contributed by atoms with Crippen LogP contribution in [0.4, 0.5) is 0 Å². The Morgan fingerprint density at radius 1 is 1.43 bits per heavy atom. The molecule has 2 atom stereocenters. The first-order chi connectivity index (χ1) is 6.66. The van der Waals surface area contributed by atoms with Crippen LogP contribution in [0.1, 0.15) is 19.3 Å². The second kappa shape index (κ2) is 3.87. The minimum Gasteiger partial charge on any atom is -0.481 e. The van der Waals surface area contributed by atoms with Crippen LogP contribution in [0, 0.1) is 11.8 Å². The number of carboxylic acid groups (broad SMARTS) is 1. The van der Waals surface area contributed by atoms with Crippen molar-refractivity contribution in [2.24, 2.45) is 17.6 Å². The molecule has 1 saturated carbocycles. The highest BCUT2D eigenvalue weighted by Gasteiger charge is 2.34. The predicted molar refractivity (Wildman–Crippen MR) is 52.9 cm³/mol.